The molecule has 0 unspecified atom stereocenters. The van der Waals surface area contributed by atoms with Gasteiger partial charge >= 0.3 is 0 Å². The van der Waals surface area contributed by atoms with E-state index < -0.39 is 6.10 Å². The van der Waals surface area contributed by atoms with Gasteiger partial charge in [-0.2, -0.15) is 0 Å². The summed E-state index contributed by atoms with van der Waals surface area (Å²) in [6.45, 7) is 1.87. The molecule has 3 nitrogen and oxygen atoms in total. The Balaban J connectivity index is 1.54. The molecule has 0 aliphatic carbocycles. The van der Waals surface area contributed by atoms with Crippen LogP contribution in [0.1, 0.15) is 18.9 Å². The first kappa shape index (κ1) is 20.0. The van der Waals surface area contributed by atoms with Gasteiger partial charge in [0, 0.05) is 16.3 Å². The third-order valence-electron chi connectivity index (χ3n) is 4.13. The molecule has 1 atom stereocenters. The van der Waals surface area contributed by atoms with Gasteiger partial charge in [-0.05, 0) is 60.5 Å². The molecule has 0 aliphatic rings. The molecule has 0 saturated carbocycles. The lowest BCUT2D eigenvalue weighted by Crippen LogP contribution is -2.32. The van der Waals surface area contributed by atoms with Gasteiger partial charge in [0.05, 0.1) is 0 Å². The number of anilines is 1. The summed E-state index contributed by atoms with van der Waals surface area (Å²) in [5.74, 6) is 0.772. The van der Waals surface area contributed by atoms with Crippen molar-refractivity contribution in [2.24, 2.45) is 0 Å². The Bertz CT molecular complexity index is 883. The van der Waals surface area contributed by atoms with Crippen LogP contribution in [0.5, 0.6) is 5.75 Å². The summed E-state index contributed by atoms with van der Waals surface area (Å²) < 4.78 is 18.7. The minimum Gasteiger partial charge on any atom is -0.481 e. The van der Waals surface area contributed by atoms with Crippen LogP contribution in [0.3, 0.4) is 0 Å². The second-order valence-corrected chi connectivity index (χ2v) is 7.31. The number of carbonyl (C=O) groups excluding carboxylic acids is 1. The van der Waals surface area contributed by atoms with Gasteiger partial charge in [0.15, 0.2) is 6.10 Å². The lowest BCUT2D eigenvalue weighted by atomic mass is 10.2. The molecule has 0 fully saturated rings. The lowest BCUT2D eigenvalue weighted by molar-refractivity contribution is -0.122. The number of benzene rings is 3. The molecule has 0 aromatic heterocycles. The van der Waals surface area contributed by atoms with Gasteiger partial charge in [-0.3, -0.25) is 4.79 Å². The Kier molecular flexibility index (Phi) is 7.09. The summed E-state index contributed by atoms with van der Waals surface area (Å²) in [5, 5.41) is 2.88. The van der Waals surface area contributed by atoms with E-state index >= 15 is 0 Å². The van der Waals surface area contributed by atoms with Gasteiger partial charge in [-0.25, -0.2) is 4.39 Å². The molecule has 0 radical (unpaired) electrons. The van der Waals surface area contributed by atoms with Crippen LogP contribution in [0.15, 0.2) is 83.8 Å². The average molecular weight is 395 g/mol. The van der Waals surface area contributed by atoms with E-state index in [9.17, 15) is 9.18 Å². The van der Waals surface area contributed by atoms with Crippen LogP contribution in [0, 0.1) is 5.82 Å². The highest BCUT2D eigenvalue weighted by molar-refractivity contribution is 7.98. The van der Waals surface area contributed by atoms with E-state index in [0.29, 0.717) is 12.2 Å². The Morgan fingerprint density at radius 2 is 1.68 bits per heavy atom. The zero-order chi connectivity index (χ0) is 19.8. The minimum atomic E-state index is -0.640. The predicted molar refractivity (Wildman–Crippen MR) is 112 cm³/mol. The van der Waals surface area contributed by atoms with Gasteiger partial charge in [-0.15, -0.1) is 11.8 Å². The normalized spacial score (nSPS) is 11.6. The fourth-order valence-electron chi connectivity index (χ4n) is 2.59. The molecule has 0 bridgehead atoms. The Labute approximate surface area is 168 Å². The third kappa shape index (κ3) is 5.86. The molecular formula is C23H22FNO2S. The number of ether oxygens (including phenoxy) is 1. The molecule has 1 N–H and O–H groups in total. The van der Waals surface area contributed by atoms with Gasteiger partial charge in [0.1, 0.15) is 11.6 Å². The van der Waals surface area contributed by atoms with Crippen molar-refractivity contribution in [1.29, 1.82) is 0 Å². The summed E-state index contributed by atoms with van der Waals surface area (Å²) in [5.41, 5.74) is 1.90. The van der Waals surface area contributed by atoms with Gasteiger partial charge in [0.2, 0.25) is 0 Å². The SMILES string of the molecule is CC[C@@H](Oc1ccc(F)cc1)C(=O)Nc1ccc(CSc2ccccc2)cc1. The number of halogens is 1. The van der Waals surface area contributed by atoms with Crippen LogP contribution in [0.4, 0.5) is 10.1 Å². The maximum absolute atomic E-state index is 13.0. The summed E-state index contributed by atoms with van der Waals surface area (Å²) in [4.78, 5) is 13.7. The van der Waals surface area contributed by atoms with Crippen molar-refractivity contribution in [3.05, 3.63) is 90.2 Å². The zero-order valence-electron chi connectivity index (χ0n) is 15.6. The highest BCUT2D eigenvalue weighted by atomic mass is 32.2. The summed E-state index contributed by atoms with van der Waals surface area (Å²) in [6, 6.07) is 23.7. The lowest BCUT2D eigenvalue weighted by Gasteiger charge is -2.17. The number of thioether (sulfide) groups is 1. The summed E-state index contributed by atoms with van der Waals surface area (Å²) >= 11 is 1.77. The van der Waals surface area contributed by atoms with E-state index in [1.54, 1.807) is 11.8 Å². The zero-order valence-corrected chi connectivity index (χ0v) is 16.4. The fourth-order valence-corrected chi connectivity index (χ4v) is 3.47. The molecule has 1 amide bonds. The van der Waals surface area contributed by atoms with E-state index in [1.165, 1.54) is 34.7 Å². The fraction of sp³-hybridized carbons (Fsp3) is 0.174. The molecule has 3 rings (SSSR count). The molecule has 3 aromatic carbocycles. The Morgan fingerprint density at radius 3 is 2.32 bits per heavy atom. The molecule has 0 saturated heterocycles. The largest absolute Gasteiger partial charge is 0.481 e. The number of rotatable bonds is 8. The average Bonchev–Trinajstić information content (AvgIpc) is 2.73. The van der Waals surface area contributed by atoms with Crippen LogP contribution in [0.2, 0.25) is 0 Å². The molecule has 28 heavy (non-hydrogen) atoms. The maximum atomic E-state index is 13.0. The van der Waals surface area contributed by atoms with Crippen molar-refractivity contribution in [2.75, 3.05) is 5.32 Å². The van der Waals surface area contributed by atoms with E-state index in [1.807, 2.05) is 49.4 Å². The molecule has 144 valence electrons. The third-order valence-corrected chi connectivity index (χ3v) is 5.21. The van der Waals surface area contributed by atoms with Gasteiger partial charge in [-0.1, -0.05) is 37.3 Å². The smallest absolute Gasteiger partial charge is 0.265 e. The maximum Gasteiger partial charge on any atom is 0.265 e. The molecule has 3 aromatic rings. The Morgan fingerprint density at radius 1 is 1.00 bits per heavy atom. The topological polar surface area (TPSA) is 38.3 Å². The number of carbonyl (C=O) groups is 1. The molecule has 5 heteroatoms. The van der Waals surface area contributed by atoms with E-state index in [0.717, 1.165) is 11.4 Å². The number of nitrogens with one attached hydrogen (secondary N) is 1. The second kappa shape index (κ2) is 9.95. The van der Waals surface area contributed by atoms with Gasteiger partial charge in [0.25, 0.3) is 5.91 Å². The van der Waals surface area contributed by atoms with Crippen LogP contribution < -0.4 is 10.1 Å². The van der Waals surface area contributed by atoms with E-state index in [2.05, 4.69) is 17.4 Å². The predicted octanol–water partition coefficient (Wildman–Crippen LogP) is 5.91. The van der Waals surface area contributed by atoms with Crippen LogP contribution in [-0.4, -0.2) is 12.0 Å². The second-order valence-electron chi connectivity index (χ2n) is 6.26. The first-order valence-corrected chi connectivity index (χ1v) is 10.1. The quantitative estimate of drug-likeness (QED) is 0.482. The van der Waals surface area contributed by atoms with E-state index in [4.69, 9.17) is 4.74 Å². The molecule has 0 aliphatic heterocycles. The number of amides is 1. The number of hydrogen-bond acceptors (Lipinski definition) is 3. The van der Waals surface area contributed by atoms with Crippen molar-refractivity contribution < 1.29 is 13.9 Å². The first-order valence-electron chi connectivity index (χ1n) is 9.14. The number of hydrogen-bond donors (Lipinski definition) is 1. The monoisotopic (exact) mass is 395 g/mol. The van der Waals surface area contributed by atoms with Crippen LogP contribution in [-0.2, 0) is 10.5 Å². The summed E-state index contributed by atoms with van der Waals surface area (Å²) in [6.07, 6.45) is -0.131. The highest BCUT2D eigenvalue weighted by Gasteiger charge is 2.18. The molecule has 0 heterocycles. The first-order chi connectivity index (χ1) is 13.6. The van der Waals surface area contributed by atoms with Crippen molar-refractivity contribution in [3.8, 4) is 5.75 Å². The minimum absolute atomic E-state index is 0.224. The van der Waals surface area contributed by atoms with Crippen LogP contribution in [0.25, 0.3) is 0 Å². The molecular weight excluding hydrogens is 373 g/mol. The van der Waals surface area contributed by atoms with Crippen molar-refractivity contribution in [2.45, 2.75) is 30.1 Å². The van der Waals surface area contributed by atoms with Crippen molar-refractivity contribution >= 4 is 23.4 Å². The highest BCUT2D eigenvalue weighted by Crippen LogP contribution is 2.23. The van der Waals surface area contributed by atoms with Gasteiger partial charge < -0.3 is 10.1 Å². The van der Waals surface area contributed by atoms with E-state index in [-0.39, 0.29) is 11.7 Å². The molecule has 0 spiro atoms. The van der Waals surface area contributed by atoms with Crippen LogP contribution >= 0.6 is 11.8 Å². The Hall–Kier alpha value is -2.79. The standard InChI is InChI=1S/C23H22FNO2S/c1-2-22(27-20-14-10-18(24)11-15-20)23(26)25-19-12-8-17(9-13-19)16-28-21-6-4-3-5-7-21/h3-15,22H,2,16H2,1H3,(H,25,26)/t22-/m1/s1. The summed E-state index contributed by atoms with van der Waals surface area (Å²) in [7, 11) is 0. The van der Waals surface area contributed by atoms with Crippen molar-refractivity contribution in [1.82, 2.24) is 0 Å². The van der Waals surface area contributed by atoms with Crippen molar-refractivity contribution in [3.63, 3.8) is 0 Å².